The first-order valence-electron chi connectivity index (χ1n) is 3.27. The molecular weight excluding hydrogens is 227 g/mol. The van der Waals surface area contributed by atoms with Crippen LogP contribution in [-0.4, -0.2) is 35.1 Å². The number of rotatable bonds is 0. The third kappa shape index (κ3) is 2.39. The van der Waals surface area contributed by atoms with Crippen LogP contribution in [0.2, 0.25) is 0 Å². The lowest BCUT2D eigenvalue weighted by atomic mass is 10.2. The molecule has 3 heteroatoms. The average molecular weight is 240 g/mol. The standard InChI is InChI=1S/C6H13IN2/c1-5-3-9(2)4-6(7)8-5/h5-6,8H,3-4H2,1-2H3/t5?,6-/m1/s1. The van der Waals surface area contributed by atoms with E-state index in [-0.39, 0.29) is 0 Å². The first-order valence-corrected chi connectivity index (χ1v) is 4.51. The largest absolute Gasteiger partial charge is 0.302 e. The maximum atomic E-state index is 3.45. The molecule has 1 heterocycles. The molecule has 2 nitrogen and oxygen atoms in total. The molecule has 9 heavy (non-hydrogen) atoms. The Morgan fingerprint density at radius 1 is 1.56 bits per heavy atom. The molecule has 0 bridgehead atoms. The highest BCUT2D eigenvalue weighted by atomic mass is 127. The molecule has 2 atom stereocenters. The molecule has 0 radical (unpaired) electrons. The fourth-order valence-corrected chi connectivity index (χ4v) is 2.52. The van der Waals surface area contributed by atoms with Crippen LogP contribution in [0.4, 0.5) is 0 Å². The van der Waals surface area contributed by atoms with Crippen molar-refractivity contribution in [3.05, 3.63) is 0 Å². The van der Waals surface area contributed by atoms with E-state index in [4.69, 9.17) is 0 Å². The van der Waals surface area contributed by atoms with E-state index in [1.807, 2.05) is 0 Å². The molecule has 0 spiro atoms. The first-order chi connectivity index (χ1) is 4.18. The van der Waals surface area contributed by atoms with Gasteiger partial charge in [-0.25, -0.2) is 0 Å². The predicted molar refractivity (Wildman–Crippen MR) is 47.9 cm³/mol. The fraction of sp³-hybridized carbons (Fsp3) is 1.00. The maximum absolute atomic E-state index is 3.45. The summed E-state index contributed by atoms with van der Waals surface area (Å²) in [5, 5.41) is 3.45. The lowest BCUT2D eigenvalue weighted by Crippen LogP contribution is -2.51. The summed E-state index contributed by atoms with van der Waals surface area (Å²) in [6.07, 6.45) is 0. The predicted octanol–water partition coefficient (Wildman–Crippen LogP) is 0.671. The van der Waals surface area contributed by atoms with Crippen molar-refractivity contribution in [1.29, 1.82) is 0 Å². The van der Waals surface area contributed by atoms with Crippen LogP contribution in [0.25, 0.3) is 0 Å². The van der Waals surface area contributed by atoms with E-state index in [1.165, 1.54) is 13.1 Å². The van der Waals surface area contributed by atoms with Gasteiger partial charge in [-0.1, -0.05) is 22.6 Å². The zero-order valence-corrected chi connectivity index (χ0v) is 8.05. The third-order valence-electron chi connectivity index (χ3n) is 1.52. The van der Waals surface area contributed by atoms with Crippen LogP contribution in [0, 0.1) is 0 Å². The van der Waals surface area contributed by atoms with Crippen molar-refractivity contribution in [2.75, 3.05) is 20.1 Å². The number of hydrogen-bond acceptors (Lipinski definition) is 2. The Labute approximate surface area is 70.1 Å². The number of alkyl halides is 1. The molecular formula is C6H13IN2. The molecule has 0 amide bonds. The third-order valence-corrected chi connectivity index (χ3v) is 2.28. The van der Waals surface area contributed by atoms with Gasteiger partial charge in [0.1, 0.15) is 0 Å². The summed E-state index contributed by atoms with van der Waals surface area (Å²) in [5.41, 5.74) is 0. The summed E-state index contributed by atoms with van der Waals surface area (Å²) in [5.74, 6) is 0. The van der Waals surface area contributed by atoms with Crippen LogP contribution in [0.1, 0.15) is 6.92 Å². The summed E-state index contributed by atoms with van der Waals surface area (Å²) in [6.45, 7) is 4.58. The number of piperazine rings is 1. The van der Waals surface area contributed by atoms with Crippen LogP contribution in [0.15, 0.2) is 0 Å². The highest BCUT2D eigenvalue weighted by molar-refractivity contribution is 14.1. The van der Waals surface area contributed by atoms with Gasteiger partial charge in [0.25, 0.3) is 0 Å². The van der Waals surface area contributed by atoms with Gasteiger partial charge in [0.2, 0.25) is 0 Å². The number of nitrogens with zero attached hydrogens (tertiary/aromatic N) is 1. The van der Waals surface area contributed by atoms with Crippen molar-refractivity contribution < 1.29 is 0 Å². The molecule has 0 aromatic rings. The second-order valence-corrected chi connectivity index (χ2v) is 4.26. The average Bonchev–Trinajstić information content (AvgIpc) is 1.59. The molecule has 1 saturated heterocycles. The fourth-order valence-electron chi connectivity index (χ4n) is 1.23. The van der Waals surface area contributed by atoms with Gasteiger partial charge in [-0.15, -0.1) is 0 Å². The molecule has 1 N–H and O–H groups in total. The zero-order valence-electron chi connectivity index (χ0n) is 5.89. The van der Waals surface area contributed by atoms with Gasteiger partial charge in [0, 0.05) is 19.1 Å². The molecule has 54 valence electrons. The Morgan fingerprint density at radius 3 is 2.67 bits per heavy atom. The minimum Gasteiger partial charge on any atom is -0.302 e. The van der Waals surface area contributed by atoms with E-state index >= 15 is 0 Å². The van der Waals surface area contributed by atoms with Crippen molar-refractivity contribution in [1.82, 2.24) is 10.2 Å². The zero-order chi connectivity index (χ0) is 6.85. The number of hydrogen-bond donors (Lipinski definition) is 1. The molecule has 0 aromatic heterocycles. The molecule has 1 fully saturated rings. The Morgan fingerprint density at radius 2 is 2.22 bits per heavy atom. The molecule has 0 saturated carbocycles. The van der Waals surface area contributed by atoms with E-state index in [1.54, 1.807) is 0 Å². The van der Waals surface area contributed by atoms with Crippen molar-refractivity contribution in [2.24, 2.45) is 0 Å². The van der Waals surface area contributed by atoms with Crippen LogP contribution in [0.3, 0.4) is 0 Å². The minimum absolute atomic E-state index is 0.636. The van der Waals surface area contributed by atoms with Gasteiger partial charge < -0.3 is 10.2 Å². The smallest absolute Gasteiger partial charge is 0.0724 e. The van der Waals surface area contributed by atoms with Crippen molar-refractivity contribution in [3.63, 3.8) is 0 Å². The molecule has 1 unspecified atom stereocenters. The number of likely N-dealkylation sites (N-methyl/N-ethyl adjacent to an activating group) is 1. The highest BCUT2D eigenvalue weighted by Gasteiger charge is 2.17. The van der Waals surface area contributed by atoms with Crippen LogP contribution in [-0.2, 0) is 0 Å². The van der Waals surface area contributed by atoms with E-state index < -0.39 is 0 Å². The lowest BCUT2D eigenvalue weighted by Gasteiger charge is -2.32. The quantitative estimate of drug-likeness (QED) is 0.380. The summed E-state index contributed by atoms with van der Waals surface area (Å²) in [6, 6.07) is 0.658. The summed E-state index contributed by atoms with van der Waals surface area (Å²) < 4.78 is 0.636. The van der Waals surface area contributed by atoms with E-state index in [0.29, 0.717) is 10.1 Å². The number of nitrogens with one attached hydrogen (secondary N) is 1. The van der Waals surface area contributed by atoms with E-state index in [9.17, 15) is 0 Å². The van der Waals surface area contributed by atoms with Gasteiger partial charge in [0.05, 0.1) is 4.05 Å². The highest BCUT2D eigenvalue weighted by Crippen LogP contribution is 2.06. The van der Waals surface area contributed by atoms with Crippen LogP contribution >= 0.6 is 22.6 Å². The van der Waals surface area contributed by atoms with Gasteiger partial charge in [0.15, 0.2) is 0 Å². The van der Waals surface area contributed by atoms with Crippen molar-refractivity contribution in [2.45, 2.75) is 17.0 Å². The number of halogens is 1. The van der Waals surface area contributed by atoms with E-state index in [0.717, 1.165) is 0 Å². The first kappa shape index (κ1) is 7.75. The maximum Gasteiger partial charge on any atom is 0.0724 e. The Balaban J connectivity index is 2.34. The molecule has 0 aromatic carbocycles. The summed E-state index contributed by atoms with van der Waals surface area (Å²) >= 11 is 2.43. The van der Waals surface area contributed by atoms with Gasteiger partial charge in [-0.05, 0) is 14.0 Å². The molecule has 1 aliphatic heterocycles. The Hall–Kier alpha value is 0.650. The van der Waals surface area contributed by atoms with Crippen molar-refractivity contribution >= 4 is 22.6 Å². The second kappa shape index (κ2) is 3.16. The molecule has 1 aliphatic rings. The topological polar surface area (TPSA) is 15.3 Å². The molecule has 1 rings (SSSR count). The van der Waals surface area contributed by atoms with Gasteiger partial charge in [-0.3, -0.25) is 0 Å². The summed E-state index contributed by atoms with van der Waals surface area (Å²) in [4.78, 5) is 2.36. The monoisotopic (exact) mass is 240 g/mol. The van der Waals surface area contributed by atoms with E-state index in [2.05, 4.69) is 46.8 Å². The normalized spacial score (nSPS) is 39.0. The summed E-state index contributed by atoms with van der Waals surface area (Å²) in [7, 11) is 2.17. The molecule has 0 aliphatic carbocycles. The van der Waals surface area contributed by atoms with Crippen LogP contribution < -0.4 is 5.32 Å². The second-order valence-electron chi connectivity index (χ2n) is 2.76. The SMILES string of the molecule is CC1CN(C)C[C@H](I)N1. The Bertz CT molecular complexity index is 72.0. The van der Waals surface area contributed by atoms with Gasteiger partial charge in [-0.2, -0.15) is 0 Å². The Kier molecular flexibility index (Phi) is 2.73. The minimum atomic E-state index is 0.636. The van der Waals surface area contributed by atoms with Crippen molar-refractivity contribution in [3.8, 4) is 0 Å². The van der Waals surface area contributed by atoms with Gasteiger partial charge >= 0.3 is 0 Å². The van der Waals surface area contributed by atoms with Crippen LogP contribution in [0.5, 0.6) is 0 Å². The lowest BCUT2D eigenvalue weighted by molar-refractivity contribution is 0.241.